The van der Waals surface area contributed by atoms with Gasteiger partial charge in [-0.1, -0.05) is 34.6 Å². The van der Waals surface area contributed by atoms with Crippen LogP contribution >= 0.6 is 0 Å². The maximum absolute atomic E-state index is 13.2. The molecule has 162 valence electrons. The van der Waals surface area contributed by atoms with Gasteiger partial charge < -0.3 is 15.1 Å². The van der Waals surface area contributed by atoms with Gasteiger partial charge in [-0.3, -0.25) is 9.59 Å². The number of likely N-dealkylation sites (tertiary alicyclic amines) is 1. The van der Waals surface area contributed by atoms with Crippen LogP contribution in [0.4, 0.5) is 11.4 Å². The molecule has 0 aromatic heterocycles. The average molecular weight is 402 g/mol. The molecule has 5 nitrogen and oxygen atoms in total. The zero-order chi connectivity index (χ0) is 21.8. The minimum Gasteiger partial charge on any atom is -0.377 e. The fraction of sp³-hybridized carbons (Fsp3) is 0.667. The molecule has 1 aliphatic heterocycles. The van der Waals surface area contributed by atoms with Crippen LogP contribution in [0, 0.1) is 17.3 Å². The summed E-state index contributed by atoms with van der Waals surface area (Å²) in [6.07, 6.45) is 3.58. The van der Waals surface area contributed by atoms with E-state index in [4.69, 9.17) is 0 Å². The van der Waals surface area contributed by atoms with Gasteiger partial charge in [0.1, 0.15) is 0 Å². The van der Waals surface area contributed by atoms with Gasteiger partial charge in [0, 0.05) is 45.0 Å². The highest BCUT2D eigenvalue weighted by Gasteiger charge is 2.24. The van der Waals surface area contributed by atoms with E-state index in [-0.39, 0.29) is 17.2 Å². The summed E-state index contributed by atoms with van der Waals surface area (Å²) < 4.78 is 0. The number of amides is 2. The van der Waals surface area contributed by atoms with Crippen molar-refractivity contribution in [2.75, 3.05) is 37.4 Å². The molecule has 1 heterocycles. The summed E-state index contributed by atoms with van der Waals surface area (Å²) in [4.78, 5) is 29.6. The Bertz CT molecular complexity index is 713. The first-order valence-corrected chi connectivity index (χ1v) is 10.9. The summed E-state index contributed by atoms with van der Waals surface area (Å²) >= 11 is 0. The third-order valence-electron chi connectivity index (χ3n) is 5.56. The zero-order valence-electron chi connectivity index (χ0n) is 19.3. The molecule has 29 heavy (non-hydrogen) atoms. The molecule has 0 bridgehead atoms. The van der Waals surface area contributed by atoms with Gasteiger partial charge in [0.05, 0.1) is 5.56 Å². The standard InChI is InChI=1S/C24H39N3O2/c1-17-10-12-27(13-11-17)23(29)20-15-19(8-9-21(20)26(6)7)25-22(28)14-18(2)16-24(3,4)5/h8-9,15,17-18H,10-14,16H2,1-7H3,(H,25,28)/t18-/m1/s1. The van der Waals surface area contributed by atoms with Crippen molar-refractivity contribution in [3.05, 3.63) is 23.8 Å². The molecule has 0 saturated carbocycles. The van der Waals surface area contributed by atoms with Gasteiger partial charge >= 0.3 is 0 Å². The van der Waals surface area contributed by atoms with Crippen LogP contribution in [-0.2, 0) is 4.79 Å². The van der Waals surface area contributed by atoms with E-state index in [1.807, 2.05) is 42.1 Å². The van der Waals surface area contributed by atoms with Crippen molar-refractivity contribution in [2.45, 2.75) is 60.3 Å². The van der Waals surface area contributed by atoms with Gasteiger partial charge in [0.2, 0.25) is 5.91 Å². The summed E-state index contributed by atoms with van der Waals surface area (Å²) in [6.45, 7) is 12.5. The van der Waals surface area contributed by atoms with Gasteiger partial charge in [-0.2, -0.15) is 0 Å². The first kappa shape index (κ1) is 23.2. The van der Waals surface area contributed by atoms with Crippen molar-refractivity contribution in [1.29, 1.82) is 0 Å². The van der Waals surface area contributed by atoms with Crippen molar-refractivity contribution >= 4 is 23.2 Å². The molecule has 0 aliphatic carbocycles. The molecule has 2 rings (SSSR count). The molecule has 1 atom stereocenters. The fourth-order valence-corrected chi connectivity index (χ4v) is 4.20. The van der Waals surface area contributed by atoms with Crippen molar-refractivity contribution in [1.82, 2.24) is 4.90 Å². The predicted octanol–water partition coefficient (Wildman–Crippen LogP) is 5.03. The first-order valence-electron chi connectivity index (χ1n) is 10.9. The SMILES string of the molecule is CC1CCN(C(=O)c2cc(NC(=O)C[C@@H](C)CC(C)(C)C)ccc2N(C)C)CC1. The van der Waals surface area contributed by atoms with Gasteiger partial charge in [-0.05, 0) is 54.7 Å². The van der Waals surface area contributed by atoms with Crippen molar-refractivity contribution in [2.24, 2.45) is 17.3 Å². The number of nitrogens with zero attached hydrogens (tertiary/aromatic N) is 2. The van der Waals surface area contributed by atoms with Crippen molar-refractivity contribution < 1.29 is 9.59 Å². The van der Waals surface area contributed by atoms with Crippen LogP contribution in [0.25, 0.3) is 0 Å². The Morgan fingerprint density at radius 2 is 1.83 bits per heavy atom. The normalized spacial score (nSPS) is 16.4. The number of piperidine rings is 1. The van der Waals surface area contributed by atoms with E-state index in [0.29, 0.717) is 29.5 Å². The van der Waals surface area contributed by atoms with E-state index in [1.165, 1.54) is 0 Å². The highest BCUT2D eigenvalue weighted by atomic mass is 16.2. The molecule has 0 radical (unpaired) electrons. The van der Waals surface area contributed by atoms with Crippen molar-refractivity contribution in [3.63, 3.8) is 0 Å². The Balaban J connectivity index is 2.13. The molecule has 1 aliphatic rings. The van der Waals surface area contributed by atoms with E-state index in [1.54, 1.807) is 0 Å². The summed E-state index contributed by atoms with van der Waals surface area (Å²) in [6, 6.07) is 5.65. The number of benzene rings is 1. The van der Waals surface area contributed by atoms with Gasteiger partial charge in [0.15, 0.2) is 0 Å². The van der Waals surface area contributed by atoms with Crippen molar-refractivity contribution in [3.8, 4) is 0 Å². The molecule has 2 amide bonds. The molecule has 0 unspecified atom stereocenters. The number of rotatable bonds is 6. The van der Waals surface area contributed by atoms with E-state index in [9.17, 15) is 9.59 Å². The molecule has 1 aromatic rings. The van der Waals surface area contributed by atoms with Gasteiger partial charge in [-0.15, -0.1) is 0 Å². The first-order chi connectivity index (χ1) is 13.5. The fourth-order valence-electron chi connectivity index (χ4n) is 4.20. The van der Waals surface area contributed by atoms with E-state index in [2.05, 4.69) is 39.9 Å². The van der Waals surface area contributed by atoms with E-state index < -0.39 is 0 Å². The smallest absolute Gasteiger partial charge is 0.256 e. The van der Waals surface area contributed by atoms with Crippen LogP contribution in [0.3, 0.4) is 0 Å². The maximum Gasteiger partial charge on any atom is 0.256 e. The lowest BCUT2D eigenvalue weighted by atomic mass is 9.84. The number of hydrogen-bond donors (Lipinski definition) is 1. The van der Waals surface area contributed by atoms with E-state index in [0.717, 1.165) is 38.0 Å². The molecule has 1 N–H and O–H groups in total. The minimum absolute atomic E-state index is 0.00421. The molecule has 1 saturated heterocycles. The maximum atomic E-state index is 13.2. The largest absolute Gasteiger partial charge is 0.377 e. The Morgan fingerprint density at radius 3 is 2.38 bits per heavy atom. The Hall–Kier alpha value is -2.04. The molecular formula is C24H39N3O2. The third-order valence-corrected chi connectivity index (χ3v) is 5.56. The second-order valence-electron chi connectivity index (χ2n) is 10.2. The minimum atomic E-state index is 0.00421. The Kier molecular flexibility index (Phi) is 7.73. The molecular weight excluding hydrogens is 362 g/mol. The highest BCUT2D eigenvalue weighted by Crippen LogP contribution is 2.28. The lowest BCUT2D eigenvalue weighted by Crippen LogP contribution is -2.38. The number of hydrogen-bond acceptors (Lipinski definition) is 3. The number of carbonyl (C=O) groups is 2. The Morgan fingerprint density at radius 1 is 1.21 bits per heavy atom. The number of nitrogens with one attached hydrogen (secondary N) is 1. The van der Waals surface area contributed by atoms with Crippen LogP contribution in [0.15, 0.2) is 18.2 Å². The molecule has 5 heteroatoms. The molecule has 1 fully saturated rings. The van der Waals surface area contributed by atoms with Crippen LogP contribution in [0.1, 0.15) is 70.7 Å². The monoisotopic (exact) mass is 401 g/mol. The quantitative estimate of drug-likeness (QED) is 0.728. The van der Waals surface area contributed by atoms with E-state index >= 15 is 0 Å². The summed E-state index contributed by atoms with van der Waals surface area (Å²) in [5.41, 5.74) is 2.44. The second-order valence-corrected chi connectivity index (χ2v) is 10.2. The van der Waals surface area contributed by atoms with Crippen LogP contribution in [-0.4, -0.2) is 43.9 Å². The topological polar surface area (TPSA) is 52.7 Å². The highest BCUT2D eigenvalue weighted by molar-refractivity contribution is 6.02. The molecule has 0 spiro atoms. The zero-order valence-corrected chi connectivity index (χ0v) is 19.3. The lowest BCUT2D eigenvalue weighted by molar-refractivity contribution is -0.117. The number of carbonyl (C=O) groups excluding carboxylic acids is 2. The lowest BCUT2D eigenvalue weighted by Gasteiger charge is -2.31. The molecule has 1 aromatic carbocycles. The third kappa shape index (κ3) is 7.06. The van der Waals surface area contributed by atoms with Crippen LogP contribution in [0.2, 0.25) is 0 Å². The number of anilines is 2. The Labute approximate surface area is 176 Å². The van der Waals surface area contributed by atoms with Crippen LogP contribution < -0.4 is 10.2 Å². The summed E-state index contributed by atoms with van der Waals surface area (Å²) in [5.74, 6) is 1.04. The van der Waals surface area contributed by atoms with Gasteiger partial charge in [0.25, 0.3) is 5.91 Å². The van der Waals surface area contributed by atoms with Crippen LogP contribution in [0.5, 0.6) is 0 Å². The summed E-state index contributed by atoms with van der Waals surface area (Å²) in [5, 5.41) is 3.00. The predicted molar refractivity (Wildman–Crippen MR) is 122 cm³/mol. The second kappa shape index (κ2) is 9.64. The average Bonchev–Trinajstić information content (AvgIpc) is 2.59. The van der Waals surface area contributed by atoms with Gasteiger partial charge in [-0.25, -0.2) is 0 Å². The summed E-state index contributed by atoms with van der Waals surface area (Å²) in [7, 11) is 3.88.